The summed E-state index contributed by atoms with van der Waals surface area (Å²) in [5, 5.41) is 3.50. The lowest BCUT2D eigenvalue weighted by atomic mass is 10.1. The molecule has 0 rings (SSSR count). The quantitative estimate of drug-likeness (QED) is 0.547. The molecule has 0 aromatic carbocycles. The van der Waals surface area contributed by atoms with Gasteiger partial charge in [-0.2, -0.15) is 0 Å². The standard InChI is InChI=1S/C14H31NO/c1-5-6-7-8-14(4)15-10-12-16-11-9-13(2)3/h13-15H,5-12H2,1-4H3. The highest BCUT2D eigenvalue weighted by Gasteiger charge is 2.00. The van der Waals surface area contributed by atoms with Gasteiger partial charge in [-0.3, -0.25) is 0 Å². The molecule has 0 heterocycles. The topological polar surface area (TPSA) is 21.3 Å². The molecule has 0 aromatic heterocycles. The second kappa shape index (κ2) is 11.4. The van der Waals surface area contributed by atoms with Crippen LogP contribution in [0.3, 0.4) is 0 Å². The minimum absolute atomic E-state index is 0.639. The Balaban J connectivity index is 3.12. The van der Waals surface area contributed by atoms with E-state index in [2.05, 4.69) is 33.0 Å². The Hall–Kier alpha value is -0.0800. The van der Waals surface area contributed by atoms with Gasteiger partial charge in [0.25, 0.3) is 0 Å². The highest BCUT2D eigenvalue weighted by molar-refractivity contribution is 4.60. The van der Waals surface area contributed by atoms with Crippen LogP contribution in [0.1, 0.15) is 59.8 Å². The van der Waals surface area contributed by atoms with Gasteiger partial charge in [0.05, 0.1) is 6.61 Å². The lowest BCUT2D eigenvalue weighted by Gasteiger charge is -2.13. The fourth-order valence-electron chi connectivity index (χ4n) is 1.60. The fraction of sp³-hybridized carbons (Fsp3) is 1.00. The van der Waals surface area contributed by atoms with E-state index in [9.17, 15) is 0 Å². The zero-order valence-corrected chi connectivity index (χ0v) is 11.7. The van der Waals surface area contributed by atoms with Gasteiger partial charge >= 0.3 is 0 Å². The molecular formula is C14H31NO. The number of rotatable bonds is 11. The molecule has 0 aromatic rings. The summed E-state index contributed by atoms with van der Waals surface area (Å²) in [7, 11) is 0. The lowest BCUT2D eigenvalue weighted by molar-refractivity contribution is 0.123. The van der Waals surface area contributed by atoms with Gasteiger partial charge in [0.2, 0.25) is 0 Å². The third-order valence-electron chi connectivity index (χ3n) is 2.82. The van der Waals surface area contributed by atoms with E-state index in [1.54, 1.807) is 0 Å². The Morgan fingerprint density at radius 2 is 1.75 bits per heavy atom. The minimum Gasteiger partial charge on any atom is -0.380 e. The molecule has 1 atom stereocenters. The molecule has 98 valence electrons. The molecule has 0 saturated carbocycles. The average Bonchev–Trinajstić information content (AvgIpc) is 2.23. The summed E-state index contributed by atoms with van der Waals surface area (Å²) >= 11 is 0. The van der Waals surface area contributed by atoms with E-state index in [-0.39, 0.29) is 0 Å². The summed E-state index contributed by atoms with van der Waals surface area (Å²) in [5.74, 6) is 0.751. The maximum Gasteiger partial charge on any atom is 0.0591 e. The van der Waals surface area contributed by atoms with E-state index in [0.29, 0.717) is 6.04 Å². The van der Waals surface area contributed by atoms with Crippen LogP contribution in [0.5, 0.6) is 0 Å². The molecule has 1 unspecified atom stereocenters. The van der Waals surface area contributed by atoms with E-state index < -0.39 is 0 Å². The van der Waals surface area contributed by atoms with Gasteiger partial charge in [0.1, 0.15) is 0 Å². The number of ether oxygens (including phenoxy) is 1. The SMILES string of the molecule is CCCCCC(C)NCCOCCC(C)C. The predicted molar refractivity (Wildman–Crippen MR) is 71.9 cm³/mol. The van der Waals surface area contributed by atoms with E-state index in [1.165, 1.54) is 32.1 Å². The van der Waals surface area contributed by atoms with Crippen molar-refractivity contribution in [2.45, 2.75) is 65.8 Å². The first kappa shape index (κ1) is 15.9. The molecule has 0 amide bonds. The van der Waals surface area contributed by atoms with Crippen LogP contribution in [-0.2, 0) is 4.74 Å². The zero-order chi connectivity index (χ0) is 12.2. The molecule has 0 fully saturated rings. The molecule has 1 N–H and O–H groups in total. The molecule has 0 bridgehead atoms. The van der Waals surface area contributed by atoms with Gasteiger partial charge in [-0.15, -0.1) is 0 Å². The molecule has 0 aliphatic rings. The van der Waals surface area contributed by atoms with Crippen molar-refractivity contribution < 1.29 is 4.74 Å². The van der Waals surface area contributed by atoms with E-state index >= 15 is 0 Å². The zero-order valence-electron chi connectivity index (χ0n) is 11.7. The molecule has 0 aliphatic heterocycles. The summed E-state index contributed by atoms with van der Waals surface area (Å²) in [6, 6.07) is 0.639. The van der Waals surface area contributed by atoms with Crippen LogP contribution in [0.15, 0.2) is 0 Å². The predicted octanol–water partition coefficient (Wildman–Crippen LogP) is 3.61. The van der Waals surface area contributed by atoms with E-state index in [0.717, 1.165) is 25.7 Å². The monoisotopic (exact) mass is 229 g/mol. The van der Waals surface area contributed by atoms with Gasteiger partial charge in [-0.25, -0.2) is 0 Å². The normalized spacial score (nSPS) is 13.3. The maximum absolute atomic E-state index is 5.56. The summed E-state index contributed by atoms with van der Waals surface area (Å²) in [6.07, 6.45) is 6.48. The second-order valence-corrected chi connectivity index (χ2v) is 5.15. The van der Waals surface area contributed by atoms with Crippen LogP contribution in [0.25, 0.3) is 0 Å². The smallest absolute Gasteiger partial charge is 0.0591 e. The minimum atomic E-state index is 0.639. The average molecular weight is 229 g/mol. The number of hydrogen-bond acceptors (Lipinski definition) is 2. The Kier molecular flexibility index (Phi) is 11.3. The van der Waals surface area contributed by atoms with E-state index in [1.807, 2.05) is 0 Å². The molecule has 0 saturated heterocycles. The Morgan fingerprint density at radius 3 is 2.38 bits per heavy atom. The Morgan fingerprint density at radius 1 is 1.00 bits per heavy atom. The van der Waals surface area contributed by atoms with Gasteiger partial charge in [0.15, 0.2) is 0 Å². The van der Waals surface area contributed by atoms with E-state index in [4.69, 9.17) is 4.74 Å². The summed E-state index contributed by atoms with van der Waals surface area (Å²) in [4.78, 5) is 0. The first-order valence-electron chi connectivity index (χ1n) is 6.98. The van der Waals surface area contributed by atoms with Crippen molar-refractivity contribution in [2.24, 2.45) is 5.92 Å². The first-order valence-corrected chi connectivity index (χ1v) is 6.98. The van der Waals surface area contributed by atoms with Gasteiger partial charge in [-0.05, 0) is 25.7 Å². The second-order valence-electron chi connectivity index (χ2n) is 5.15. The van der Waals surface area contributed by atoms with Gasteiger partial charge < -0.3 is 10.1 Å². The van der Waals surface area contributed by atoms with Crippen LogP contribution >= 0.6 is 0 Å². The van der Waals surface area contributed by atoms with Crippen molar-refractivity contribution >= 4 is 0 Å². The van der Waals surface area contributed by atoms with Gasteiger partial charge in [-0.1, -0.05) is 40.0 Å². The van der Waals surface area contributed by atoms with Crippen molar-refractivity contribution in [3.63, 3.8) is 0 Å². The highest BCUT2D eigenvalue weighted by Crippen LogP contribution is 2.02. The van der Waals surface area contributed by atoms with Crippen molar-refractivity contribution in [1.82, 2.24) is 5.32 Å². The molecule has 16 heavy (non-hydrogen) atoms. The van der Waals surface area contributed by atoms with Crippen molar-refractivity contribution in [3.05, 3.63) is 0 Å². The third-order valence-corrected chi connectivity index (χ3v) is 2.82. The van der Waals surface area contributed by atoms with Gasteiger partial charge in [0, 0.05) is 19.2 Å². The lowest BCUT2D eigenvalue weighted by Crippen LogP contribution is -2.29. The van der Waals surface area contributed by atoms with Crippen LogP contribution < -0.4 is 5.32 Å². The van der Waals surface area contributed by atoms with Crippen LogP contribution in [0, 0.1) is 5.92 Å². The third kappa shape index (κ3) is 12.0. The van der Waals surface area contributed by atoms with Crippen molar-refractivity contribution in [2.75, 3.05) is 19.8 Å². The summed E-state index contributed by atoms with van der Waals surface area (Å²) < 4.78 is 5.56. The van der Waals surface area contributed by atoms with Crippen LogP contribution in [-0.4, -0.2) is 25.8 Å². The van der Waals surface area contributed by atoms with Crippen LogP contribution in [0.2, 0.25) is 0 Å². The maximum atomic E-state index is 5.56. The summed E-state index contributed by atoms with van der Waals surface area (Å²) in [5.41, 5.74) is 0. The van der Waals surface area contributed by atoms with Crippen LogP contribution in [0.4, 0.5) is 0 Å². The molecule has 2 heteroatoms. The molecule has 0 spiro atoms. The molecule has 2 nitrogen and oxygen atoms in total. The number of unbranched alkanes of at least 4 members (excludes halogenated alkanes) is 2. The molecular weight excluding hydrogens is 198 g/mol. The van der Waals surface area contributed by atoms with Crippen molar-refractivity contribution in [1.29, 1.82) is 0 Å². The summed E-state index contributed by atoms with van der Waals surface area (Å²) in [6.45, 7) is 11.7. The Labute approximate surface area is 102 Å². The first-order chi connectivity index (χ1) is 7.66. The van der Waals surface area contributed by atoms with Crippen molar-refractivity contribution in [3.8, 4) is 0 Å². The molecule has 0 aliphatic carbocycles. The molecule has 0 radical (unpaired) electrons. The largest absolute Gasteiger partial charge is 0.380 e. The Bertz CT molecular complexity index is 137. The highest BCUT2D eigenvalue weighted by atomic mass is 16.5. The number of nitrogens with one attached hydrogen (secondary N) is 1. The number of hydrogen-bond donors (Lipinski definition) is 1. The fourth-order valence-corrected chi connectivity index (χ4v) is 1.60.